The molecule has 15 heavy (non-hydrogen) atoms. The lowest BCUT2D eigenvalue weighted by atomic mass is 9.80. The zero-order valence-electron chi connectivity index (χ0n) is 9.02. The van der Waals surface area contributed by atoms with Crippen LogP contribution >= 0.6 is 15.9 Å². The molecule has 2 fully saturated rings. The summed E-state index contributed by atoms with van der Waals surface area (Å²) in [4.78, 5) is 0.591. The first-order chi connectivity index (χ1) is 7.07. The van der Waals surface area contributed by atoms with Crippen LogP contribution in [0.2, 0.25) is 0 Å². The molecule has 0 radical (unpaired) electrons. The van der Waals surface area contributed by atoms with Crippen LogP contribution in [0.25, 0.3) is 0 Å². The van der Waals surface area contributed by atoms with Gasteiger partial charge < -0.3 is 0 Å². The van der Waals surface area contributed by atoms with E-state index in [1.807, 2.05) is 0 Å². The van der Waals surface area contributed by atoms with Gasteiger partial charge in [-0.3, -0.25) is 0 Å². The molecule has 0 N–H and O–H groups in total. The molecular weight excluding hydrogens is 262 g/mol. The number of alkyl halides is 3. The first kappa shape index (κ1) is 11.8. The predicted octanol–water partition coefficient (Wildman–Crippen LogP) is 4.77. The van der Waals surface area contributed by atoms with Crippen molar-refractivity contribution in [3.63, 3.8) is 0 Å². The number of halogens is 3. The fraction of sp³-hybridized carbons (Fsp3) is 1.00. The third kappa shape index (κ3) is 3.15. The summed E-state index contributed by atoms with van der Waals surface area (Å²) in [6.07, 6.45) is 6.75. The Morgan fingerprint density at radius 3 is 2.53 bits per heavy atom. The van der Waals surface area contributed by atoms with Gasteiger partial charge in [-0.05, 0) is 37.5 Å². The highest BCUT2D eigenvalue weighted by atomic mass is 79.9. The Hall–Kier alpha value is 0.340. The molecule has 0 saturated heterocycles. The molecule has 0 nitrogen and oxygen atoms in total. The fourth-order valence-corrected chi connectivity index (χ4v) is 3.97. The molecule has 0 bridgehead atoms. The lowest BCUT2D eigenvalue weighted by Crippen LogP contribution is -2.27. The molecule has 3 atom stereocenters. The van der Waals surface area contributed by atoms with Crippen LogP contribution in [0.4, 0.5) is 8.78 Å². The molecule has 0 aliphatic heterocycles. The molecule has 2 saturated carbocycles. The van der Waals surface area contributed by atoms with Gasteiger partial charge in [-0.2, -0.15) is 0 Å². The Morgan fingerprint density at radius 1 is 1.13 bits per heavy atom. The standard InChI is InChI=1S/C12H19BrF2/c13-11-5-1-4-10(11)7-9-3-2-6-12(14,15)8-9/h9-11H,1-8H2. The summed E-state index contributed by atoms with van der Waals surface area (Å²) in [5.41, 5.74) is 0. The van der Waals surface area contributed by atoms with Gasteiger partial charge in [-0.15, -0.1) is 0 Å². The van der Waals surface area contributed by atoms with E-state index >= 15 is 0 Å². The van der Waals surface area contributed by atoms with Gasteiger partial charge in [0.15, 0.2) is 0 Å². The Labute approximate surface area is 98.9 Å². The van der Waals surface area contributed by atoms with Crippen LogP contribution in [-0.4, -0.2) is 10.7 Å². The minimum absolute atomic E-state index is 0.117. The lowest BCUT2D eigenvalue weighted by Gasteiger charge is -2.31. The number of hydrogen-bond donors (Lipinski definition) is 0. The molecule has 0 aromatic rings. The van der Waals surface area contributed by atoms with Crippen molar-refractivity contribution in [1.82, 2.24) is 0 Å². The minimum Gasteiger partial charge on any atom is -0.207 e. The molecule has 2 rings (SSSR count). The van der Waals surface area contributed by atoms with Gasteiger partial charge in [0.05, 0.1) is 0 Å². The van der Waals surface area contributed by atoms with Gasteiger partial charge in [0.1, 0.15) is 0 Å². The van der Waals surface area contributed by atoms with Crippen LogP contribution in [0.3, 0.4) is 0 Å². The van der Waals surface area contributed by atoms with E-state index in [-0.39, 0.29) is 18.8 Å². The molecule has 2 aliphatic rings. The average molecular weight is 281 g/mol. The first-order valence-corrected chi connectivity index (χ1v) is 7.00. The number of hydrogen-bond acceptors (Lipinski definition) is 0. The first-order valence-electron chi connectivity index (χ1n) is 6.09. The highest BCUT2D eigenvalue weighted by Crippen LogP contribution is 2.43. The highest BCUT2D eigenvalue weighted by molar-refractivity contribution is 9.09. The second-order valence-electron chi connectivity index (χ2n) is 5.26. The summed E-state index contributed by atoms with van der Waals surface area (Å²) >= 11 is 3.67. The van der Waals surface area contributed by atoms with Crippen LogP contribution < -0.4 is 0 Å². The normalized spacial score (nSPS) is 40.6. The Bertz CT molecular complexity index is 218. The summed E-state index contributed by atoms with van der Waals surface area (Å²) in [6, 6.07) is 0. The summed E-state index contributed by atoms with van der Waals surface area (Å²) in [6.45, 7) is 0. The van der Waals surface area contributed by atoms with Gasteiger partial charge in [-0.25, -0.2) is 8.78 Å². The van der Waals surface area contributed by atoms with Crippen molar-refractivity contribution >= 4 is 15.9 Å². The van der Waals surface area contributed by atoms with Crippen molar-refractivity contribution in [2.45, 2.75) is 62.1 Å². The molecule has 0 amide bonds. The summed E-state index contributed by atoms with van der Waals surface area (Å²) in [5.74, 6) is -1.44. The second kappa shape index (κ2) is 4.68. The maximum Gasteiger partial charge on any atom is 0.248 e. The van der Waals surface area contributed by atoms with Crippen molar-refractivity contribution in [1.29, 1.82) is 0 Å². The van der Waals surface area contributed by atoms with Gasteiger partial charge in [-0.1, -0.05) is 28.8 Å². The molecule has 3 heteroatoms. The Kier molecular flexibility index (Phi) is 3.69. The van der Waals surface area contributed by atoms with E-state index in [1.54, 1.807) is 0 Å². The molecule has 0 aromatic carbocycles. The second-order valence-corrected chi connectivity index (χ2v) is 6.44. The molecule has 0 aromatic heterocycles. The van der Waals surface area contributed by atoms with Crippen molar-refractivity contribution in [3.05, 3.63) is 0 Å². The molecule has 0 spiro atoms. The maximum absolute atomic E-state index is 13.2. The van der Waals surface area contributed by atoms with E-state index in [1.165, 1.54) is 19.3 Å². The summed E-state index contributed by atoms with van der Waals surface area (Å²) in [7, 11) is 0. The summed E-state index contributed by atoms with van der Waals surface area (Å²) < 4.78 is 26.4. The van der Waals surface area contributed by atoms with E-state index in [9.17, 15) is 8.78 Å². The van der Waals surface area contributed by atoms with Crippen LogP contribution in [-0.2, 0) is 0 Å². The maximum atomic E-state index is 13.2. The topological polar surface area (TPSA) is 0 Å². The van der Waals surface area contributed by atoms with E-state index in [2.05, 4.69) is 15.9 Å². The molecule has 3 unspecified atom stereocenters. The lowest BCUT2D eigenvalue weighted by molar-refractivity contribution is -0.0554. The fourth-order valence-electron chi connectivity index (χ4n) is 3.16. The zero-order valence-corrected chi connectivity index (χ0v) is 10.6. The Morgan fingerprint density at radius 2 is 1.93 bits per heavy atom. The van der Waals surface area contributed by atoms with E-state index in [0.29, 0.717) is 10.7 Å². The largest absolute Gasteiger partial charge is 0.248 e. The monoisotopic (exact) mass is 280 g/mol. The molecule has 88 valence electrons. The van der Waals surface area contributed by atoms with Crippen molar-refractivity contribution < 1.29 is 8.78 Å². The summed E-state index contributed by atoms with van der Waals surface area (Å²) in [5, 5.41) is 0. The molecule has 0 heterocycles. The van der Waals surface area contributed by atoms with E-state index in [4.69, 9.17) is 0 Å². The molecule has 2 aliphatic carbocycles. The van der Waals surface area contributed by atoms with Gasteiger partial charge in [0, 0.05) is 17.7 Å². The van der Waals surface area contributed by atoms with Crippen LogP contribution in [0.1, 0.15) is 51.4 Å². The Balaban J connectivity index is 1.83. The third-order valence-electron chi connectivity index (χ3n) is 3.94. The minimum atomic E-state index is -2.37. The van der Waals surface area contributed by atoms with Crippen molar-refractivity contribution in [2.75, 3.05) is 0 Å². The van der Waals surface area contributed by atoms with E-state index < -0.39 is 5.92 Å². The third-order valence-corrected chi connectivity index (χ3v) is 5.15. The average Bonchev–Trinajstić information content (AvgIpc) is 2.50. The zero-order chi connectivity index (χ0) is 10.9. The van der Waals surface area contributed by atoms with E-state index in [0.717, 1.165) is 19.3 Å². The van der Waals surface area contributed by atoms with Crippen LogP contribution in [0, 0.1) is 11.8 Å². The SMILES string of the molecule is FC1(F)CCCC(CC2CCCC2Br)C1. The van der Waals surface area contributed by atoms with Gasteiger partial charge >= 0.3 is 0 Å². The van der Waals surface area contributed by atoms with Crippen LogP contribution in [0.5, 0.6) is 0 Å². The highest BCUT2D eigenvalue weighted by Gasteiger charge is 2.38. The van der Waals surface area contributed by atoms with Crippen molar-refractivity contribution in [2.24, 2.45) is 11.8 Å². The van der Waals surface area contributed by atoms with Gasteiger partial charge in [0.2, 0.25) is 5.92 Å². The van der Waals surface area contributed by atoms with Crippen LogP contribution in [0.15, 0.2) is 0 Å². The van der Waals surface area contributed by atoms with Gasteiger partial charge in [0.25, 0.3) is 0 Å². The predicted molar refractivity (Wildman–Crippen MR) is 61.6 cm³/mol. The number of rotatable bonds is 2. The molecular formula is C12H19BrF2. The quantitative estimate of drug-likeness (QED) is 0.640. The smallest absolute Gasteiger partial charge is 0.207 e. The van der Waals surface area contributed by atoms with Crippen molar-refractivity contribution in [3.8, 4) is 0 Å².